The zero-order valence-corrected chi connectivity index (χ0v) is 15.6. The van der Waals surface area contributed by atoms with Crippen molar-refractivity contribution in [2.24, 2.45) is 0 Å². The molecule has 0 unspecified atom stereocenters. The molecule has 0 bridgehead atoms. The number of ether oxygens (including phenoxy) is 1. The second-order valence-electron chi connectivity index (χ2n) is 6.54. The highest BCUT2D eigenvalue weighted by Crippen LogP contribution is 2.30. The molecule has 1 amide bonds. The van der Waals surface area contributed by atoms with Gasteiger partial charge in [0.25, 0.3) is 5.91 Å². The van der Waals surface area contributed by atoms with Crippen LogP contribution < -0.4 is 4.74 Å². The highest BCUT2D eigenvalue weighted by atomic mass is 32.2. The molecule has 4 rings (SSSR count). The maximum atomic E-state index is 12.8. The monoisotopic (exact) mass is 389 g/mol. The molecule has 0 saturated carbocycles. The quantitative estimate of drug-likeness (QED) is 0.667. The van der Waals surface area contributed by atoms with Gasteiger partial charge in [0.05, 0.1) is 18.6 Å². The molecule has 7 nitrogen and oxygen atoms in total. The number of likely N-dealkylation sites (tertiary alicyclic amines) is 1. The van der Waals surface area contributed by atoms with Crippen LogP contribution in [0.2, 0.25) is 0 Å². The summed E-state index contributed by atoms with van der Waals surface area (Å²) in [4.78, 5) is 14.3. The van der Waals surface area contributed by atoms with E-state index in [1.54, 1.807) is 24.3 Å². The number of carbonyl (C=O) groups is 1. The number of hydrogen-bond donors (Lipinski definition) is 0. The number of fused-ring (bicyclic) bond motifs is 1. The van der Waals surface area contributed by atoms with E-state index < -0.39 is 15.1 Å². The summed E-state index contributed by atoms with van der Waals surface area (Å²) in [7, 11) is -1.87. The van der Waals surface area contributed by atoms with Crippen molar-refractivity contribution >= 4 is 26.7 Å². The molecule has 0 aliphatic carbocycles. The maximum Gasteiger partial charge on any atom is 0.289 e. The first-order chi connectivity index (χ1) is 13.0. The van der Waals surface area contributed by atoms with Crippen molar-refractivity contribution in [1.82, 2.24) is 4.90 Å². The number of carbonyl (C=O) groups excluding carboxylic acids is 1. The van der Waals surface area contributed by atoms with Gasteiger partial charge in [-0.15, -0.1) is 0 Å². The standard InChI is InChI=1S/C19H19NO6S/c1-24-16-6-2-4-13-10-17(26-18(13)16)19(21)20-8-7-15(11-20)27(22,23)12-14-5-3-9-25-14/h2-6,9-10,15H,7-8,11-12H2,1H3/t15-/m1/s1. The fourth-order valence-electron chi connectivity index (χ4n) is 3.37. The number of furan rings is 2. The summed E-state index contributed by atoms with van der Waals surface area (Å²) in [5.74, 6) is 0.660. The van der Waals surface area contributed by atoms with E-state index in [1.807, 2.05) is 12.1 Å². The summed E-state index contributed by atoms with van der Waals surface area (Å²) < 4.78 is 41.3. The fourth-order valence-corrected chi connectivity index (χ4v) is 5.04. The third-order valence-electron chi connectivity index (χ3n) is 4.80. The molecule has 1 saturated heterocycles. The van der Waals surface area contributed by atoms with Gasteiger partial charge in [-0.1, -0.05) is 12.1 Å². The van der Waals surface area contributed by atoms with Gasteiger partial charge in [-0.25, -0.2) is 8.42 Å². The number of amides is 1. The Bertz CT molecular complexity index is 1070. The summed E-state index contributed by atoms with van der Waals surface area (Å²) in [5, 5.41) is 0.157. The Kier molecular flexibility index (Phi) is 4.43. The van der Waals surface area contributed by atoms with Crippen LogP contribution in [0, 0.1) is 0 Å². The topological polar surface area (TPSA) is 90.0 Å². The van der Waals surface area contributed by atoms with E-state index >= 15 is 0 Å². The molecule has 1 aromatic carbocycles. The summed E-state index contributed by atoms with van der Waals surface area (Å²) >= 11 is 0. The van der Waals surface area contributed by atoms with Crippen LogP contribution in [-0.2, 0) is 15.6 Å². The van der Waals surface area contributed by atoms with E-state index in [9.17, 15) is 13.2 Å². The minimum atomic E-state index is -3.41. The average molecular weight is 389 g/mol. The van der Waals surface area contributed by atoms with Gasteiger partial charge in [-0.05, 0) is 30.7 Å². The van der Waals surface area contributed by atoms with E-state index in [1.165, 1.54) is 18.3 Å². The number of hydrogen-bond acceptors (Lipinski definition) is 6. The largest absolute Gasteiger partial charge is 0.493 e. The summed E-state index contributed by atoms with van der Waals surface area (Å²) in [6, 6.07) is 10.4. The SMILES string of the molecule is COc1cccc2cc(C(=O)N3CC[C@@H](S(=O)(=O)Cc4ccco4)C3)oc12. The van der Waals surface area contributed by atoms with Crippen molar-refractivity contribution in [2.75, 3.05) is 20.2 Å². The molecule has 0 spiro atoms. The van der Waals surface area contributed by atoms with Crippen LogP contribution in [0.3, 0.4) is 0 Å². The van der Waals surface area contributed by atoms with Gasteiger partial charge in [0, 0.05) is 18.5 Å². The van der Waals surface area contributed by atoms with Crippen LogP contribution in [0.15, 0.2) is 51.5 Å². The van der Waals surface area contributed by atoms with E-state index in [-0.39, 0.29) is 24.0 Å². The van der Waals surface area contributed by atoms with Gasteiger partial charge in [0.15, 0.2) is 26.9 Å². The van der Waals surface area contributed by atoms with Crippen molar-refractivity contribution < 1.29 is 26.8 Å². The Balaban J connectivity index is 1.51. The molecular weight excluding hydrogens is 370 g/mol. The predicted molar refractivity (Wildman–Crippen MR) is 98.4 cm³/mol. The molecule has 27 heavy (non-hydrogen) atoms. The van der Waals surface area contributed by atoms with Crippen LogP contribution in [0.25, 0.3) is 11.0 Å². The molecule has 1 aliphatic heterocycles. The molecule has 3 heterocycles. The summed E-state index contributed by atoms with van der Waals surface area (Å²) in [6.07, 6.45) is 1.85. The normalized spacial score (nSPS) is 17.5. The van der Waals surface area contributed by atoms with E-state index in [0.29, 0.717) is 30.1 Å². The molecule has 3 aromatic rings. The van der Waals surface area contributed by atoms with Crippen molar-refractivity contribution in [3.63, 3.8) is 0 Å². The van der Waals surface area contributed by atoms with Gasteiger partial charge in [-0.2, -0.15) is 0 Å². The highest BCUT2D eigenvalue weighted by Gasteiger charge is 2.36. The Labute approximate surface area is 156 Å². The van der Waals surface area contributed by atoms with Crippen LogP contribution in [0.4, 0.5) is 0 Å². The highest BCUT2D eigenvalue weighted by molar-refractivity contribution is 7.91. The van der Waals surface area contributed by atoms with Gasteiger partial charge in [-0.3, -0.25) is 4.79 Å². The zero-order valence-electron chi connectivity index (χ0n) is 14.8. The van der Waals surface area contributed by atoms with Crippen LogP contribution >= 0.6 is 0 Å². The molecule has 142 valence electrons. The first-order valence-electron chi connectivity index (χ1n) is 8.58. The molecule has 8 heteroatoms. The van der Waals surface area contributed by atoms with Crippen LogP contribution in [0.1, 0.15) is 22.7 Å². The Morgan fingerprint density at radius 1 is 1.30 bits per heavy atom. The predicted octanol–water partition coefficient (Wildman–Crippen LogP) is 2.86. The van der Waals surface area contributed by atoms with Crippen LogP contribution in [0.5, 0.6) is 5.75 Å². The third-order valence-corrected chi connectivity index (χ3v) is 6.89. The first-order valence-corrected chi connectivity index (χ1v) is 10.3. The van der Waals surface area contributed by atoms with Crippen molar-refractivity contribution in [2.45, 2.75) is 17.4 Å². The second kappa shape index (κ2) is 6.77. The lowest BCUT2D eigenvalue weighted by Crippen LogP contribution is -2.32. The summed E-state index contributed by atoms with van der Waals surface area (Å²) in [5.41, 5.74) is 0.504. The van der Waals surface area contributed by atoms with E-state index in [0.717, 1.165) is 5.39 Å². The van der Waals surface area contributed by atoms with Gasteiger partial charge in [0.2, 0.25) is 0 Å². The molecule has 0 N–H and O–H groups in total. The Morgan fingerprint density at radius 3 is 2.89 bits per heavy atom. The molecule has 1 fully saturated rings. The van der Waals surface area contributed by atoms with Gasteiger partial charge < -0.3 is 18.5 Å². The lowest BCUT2D eigenvalue weighted by molar-refractivity contribution is 0.0764. The molecule has 2 aromatic heterocycles. The maximum absolute atomic E-state index is 12.8. The number of rotatable bonds is 5. The lowest BCUT2D eigenvalue weighted by atomic mass is 10.2. The second-order valence-corrected chi connectivity index (χ2v) is 8.82. The summed E-state index contributed by atoms with van der Waals surface area (Å²) in [6.45, 7) is 0.519. The van der Waals surface area contributed by atoms with Crippen molar-refractivity contribution in [1.29, 1.82) is 0 Å². The van der Waals surface area contributed by atoms with Crippen molar-refractivity contribution in [3.8, 4) is 5.75 Å². The van der Waals surface area contributed by atoms with Crippen molar-refractivity contribution in [3.05, 3.63) is 54.2 Å². The third kappa shape index (κ3) is 3.32. The molecule has 0 radical (unpaired) electrons. The molecule has 1 atom stereocenters. The zero-order chi connectivity index (χ0) is 19.0. The fraction of sp³-hybridized carbons (Fsp3) is 0.316. The first kappa shape index (κ1) is 17.7. The van der Waals surface area contributed by atoms with E-state index in [2.05, 4.69) is 0 Å². The molecular formula is C19H19NO6S. The number of nitrogens with zero attached hydrogens (tertiary/aromatic N) is 1. The lowest BCUT2D eigenvalue weighted by Gasteiger charge is -2.15. The average Bonchev–Trinajstić information content (AvgIpc) is 3.39. The van der Waals surface area contributed by atoms with E-state index in [4.69, 9.17) is 13.6 Å². The minimum Gasteiger partial charge on any atom is -0.493 e. The number of benzene rings is 1. The minimum absolute atomic E-state index is 0.149. The van der Waals surface area contributed by atoms with Crippen LogP contribution in [-0.4, -0.2) is 44.7 Å². The van der Waals surface area contributed by atoms with Gasteiger partial charge in [0.1, 0.15) is 11.5 Å². The number of sulfone groups is 1. The number of methoxy groups -OCH3 is 1. The Morgan fingerprint density at radius 2 is 2.15 bits per heavy atom. The Hall–Kier alpha value is -2.74. The molecule has 1 aliphatic rings. The smallest absolute Gasteiger partial charge is 0.289 e. The number of para-hydroxylation sites is 1. The van der Waals surface area contributed by atoms with Gasteiger partial charge >= 0.3 is 0 Å².